The van der Waals surface area contributed by atoms with Crippen LogP contribution in [0.1, 0.15) is 5.56 Å². The van der Waals surface area contributed by atoms with Gasteiger partial charge in [-0.2, -0.15) is 9.97 Å². The molecule has 0 aliphatic rings. The average molecular weight is 276 g/mol. The number of ether oxygens (including phenoxy) is 2. The molecule has 20 heavy (non-hydrogen) atoms. The Kier molecular flexibility index (Phi) is 3.65. The molecule has 1 aromatic carbocycles. The van der Waals surface area contributed by atoms with Crippen LogP contribution in [0.4, 0.5) is 11.4 Å². The molecule has 0 bridgehead atoms. The summed E-state index contributed by atoms with van der Waals surface area (Å²) in [4.78, 5) is 17.9. The first-order chi connectivity index (χ1) is 9.52. The van der Waals surface area contributed by atoms with Gasteiger partial charge in [-0.25, -0.2) is 0 Å². The third kappa shape index (κ3) is 2.58. The molecule has 8 heteroatoms. The molecule has 2 N–H and O–H groups in total. The number of hydrogen-bond donors (Lipinski definition) is 1. The van der Waals surface area contributed by atoms with E-state index in [9.17, 15) is 10.1 Å². The summed E-state index contributed by atoms with van der Waals surface area (Å²) in [5.74, 6) is 0.0749. The van der Waals surface area contributed by atoms with Crippen LogP contribution in [0.15, 0.2) is 24.5 Å². The van der Waals surface area contributed by atoms with Crippen molar-refractivity contribution in [1.29, 1.82) is 0 Å². The van der Waals surface area contributed by atoms with Gasteiger partial charge in [0.2, 0.25) is 0 Å². The third-order valence-electron chi connectivity index (χ3n) is 2.54. The van der Waals surface area contributed by atoms with Gasteiger partial charge in [-0.15, -0.1) is 0 Å². The fourth-order valence-electron chi connectivity index (χ4n) is 1.62. The van der Waals surface area contributed by atoms with E-state index >= 15 is 0 Å². The van der Waals surface area contributed by atoms with Gasteiger partial charge >= 0.3 is 17.4 Å². The second-order valence-electron chi connectivity index (χ2n) is 3.92. The van der Waals surface area contributed by atoms with Crippen molar-refractivity contribution in [2.75, 3.05) is 12.8 Å². The summed E-state index contributed by atoms with van der Waals surface area (Å²) in [5, 5.41) is 11.1. The lowest BCUT2D eigenvalue weighted by Gasteiger charge is -2.09. The van der Waals surface area contributed by atoms with Crippen molar-refractivity contribution in [3.05, 3.63) is 40.2 Å². The minimum absolute atomic E-state index is 0.159. The monoisotopic (exact) mass is 276 g/mol. The summed E-state index contributed by atoms with van der Waals surface area (Å²) < 4.78 is 10.3. The van der Waals surface area contributed by atoms with Crippen LogP contribution in [0, 0.1) is 17.0 Å². The van der Waals surface area contributed by atoms with Crippen LogP contribution in [0.2, 0.25) is 0 Å². The van der Waals surface area contributed by atoms with Gasteiger partial charge in [-0.05, 0) is 30.7 Å². The smallest absolute Gasteiger partial charge is 0.392 e. The minimum atomic E-state index is -0.652. The van der Waals surface area contributed by atoms with Crippen LogP contribution in [0.25, 0.3) is 0 Å². The number of nitro groups is 1. The quantitative estimate of drug-likeness (QED) is 0.516. The number of hydrogen-bond acceptors (Lipinski definition) is 7. The zero-order valence-electron chi connectivity index (χ0n) is 10.9. The Morgan fingerprint density at radius 3 is 2.60 bits per heavy atom. The topological polar surface area (TPSA) is 113 Å². The molecule has 0 aliphatic carbocycles. The third-order valence-corrected chi connectivity index (χ3v) is 2.54. The number of aromatic nitrogens is 2. The van der Waals surface area contributed by atoms with Crippen LogP contribution in [-0.2, 0) is 0 Å². The lowest BCUT2D eigenvalue weighted by atomic mass is 10.2. The summed E-state index contributed by atoms with van der Waals surface area (Å²) in [6.45, 7) is 1.77. The van der Waals surface area contributed by atoms with E-state index < -0.39 is 10.6 Å². The van der Waals surface area contributed by atoms with Crippen LogP contribution in [0.3, 0.4) is 0 Å². The van der Waals surface area contributed by atoms with E-state index in [0.29, 0.717) is 11.4 Å². The molecule has 0 saturated heterocycles. The number of anilines is 1. The molecule has 0 amide bonds. The van der Waals surface area contributed by atoms with E-state index in [0.717, 1.165) is 11.9 Å². The number of benzene rings is 1. The molecule has 0 unspecified atom stereocenters. The molecule has 1 heterocycles. The number of nitrogens with zero attached hydrogens (tertiary/aromatic N) is 3. The molecule has 0 fully saturated rings. The minimum Gasteiger partial charge on any atom is -0.476 e. The van der Waals surface area contributed by atoms with Crippen LogP contribution in [0.5, 0.6) is 17.5 Å². The van der Waals surface area contributed by atoms with E-state index in [-0.39, 0.29) is 11.8 Å². The Labute approximate surface area is 114 Å². The number of methoxy groups -OCH3 is 1. The zero-order chi connectivity index (χ0) is 14.7. The summed E-state index contributed by atoms with van der Waals surface area (Å²) in [7, 11) is 1.29. The molecule has 2 rings (SSSR count). The highest BCUT2D eigenvalue weighted by Crippen LogP contribution is 2.36. The Bertz CT molecular complexity index is 660. The highest BCUT2D eigenvalue weighted by Gasteiger charge is 2.26. The van der Waals surface area contributed by atoms with E-state index in [1.165, 1.54) is 7.11 Å². The summed E-state index contributed by atoms with van der Waals surface area (Å²) >= 11 is 0. The number of nitrogen functional groups attached to an aromatic ring is 1. The maximum atomic E-state index is 11.1. The maximum absolute atomic E-state index is 11.1. The highest BCUT2D eigenvalue weighted by molar-refractivity contribution is 5.53. The fourth-order valence-corrected chi connectivity index (χ4v) is 1.62. The molecule has 0 atom stereocenters. The van der Waals surface area contributed by atoms with Gasteiger partial charge < -0.3 is 15.2 Å². The molecule has 2 aromatic rings. The van der Waals surface area contributed by atoms with Gasteiger partial charge in [0.05, 0.1) is 12.0 Å². The summed E-state index contributed by atoms with van der Waals surface area (Å²) in [5.41, 5.74) is 6.52. The average Bonchev–Trinajstić information content (AvgIpc) is 2.41. The van der Waals surface area contributed by atoms with E-state index in [1.807, 2.05) is 0 Å². The summed E-state index contributed by atoms with van der Waals surface area (Å²) in [6, 6.07) is 4.94. The first kappa shape index (κ1) is 13.5. The zero-order valence-corrected chi connectivity index (χ0v) is 10.9. The van der Waals surface area contributed by atoms with Crippen molar-refractivity contribution < 1.29 is 14.4 Å². The van der Waals surface area contributed by atoms with Crippen molar-refractivity contribution in [2.24, 2.45) is 0 Å². The molecular formula is C12H12N4O4. The van der Waals surface area contributed by atoms with Gasteiger partial charge in [0, 0.05) is 5.69 Å². The number of aryl methyl sites for hydroxylation is 1. The van der Waals surface area contributed by atoms with E-state index in [4.69, 9.17) is 15.2 Å². The predicted octanol–water partition coefficient (Wildman–Crippen LogP) is 2.08. The number of rotatable bonds is 4. The lowest BCUT2D eigenvalue weighted by molar-refractivity contribution is -0.387. The Balaban J connectivity index is 2.45. The molecule has 0 spiro atoms. The van der Waals surface area contributed by atoms with Crippen molar-refractivity contribution in [2.45, 2.75) is 6.92 Å². The molecule has 0 radical (unpaired) electrons. The Hall–Kier alpha value is -2.90. The number of nitrogens with two attached hydrogens (primary N) is 1. The van der Waals surface area contributed by atoms with Crippen LogP contribution in [-0.4, -0.2) is 22.0 Å². The Morgan fingerprint density at radius 2 is 2.00 bits per heavy atom. The normalized spacial score (nSPS) is 10.1. The van der Waals surface area contributed by atoms with Crippen molar-refractivity contribution in [3.8, 4) is 17.5 Å². The van der Waals surface area contributed by atoms with Gasteiger partial charge in [0.15, 0.2) is 0 Å². The molecular weight excluding hydrogens is 264 g/mol. The van der Waals surface area contributed by atoms with Gasteiger partial charge in [0.1, 0.15) is 12.1 Å². The molecule has 104 valence electrons. The second-order valence-corrected chi connectivity index (χ2v) is 3.92. The van der Waals surface area contributed by atoms with Gasteiger partial charge in [0.25, 0.3) is 0 Å². The lowest BCUT2D eigenvalue weighted by Crippen LogP contribution is -2.01. The summed E-state index contributed by atoms with van der Waals surface area (Å²) in [6.07, 6.45) is 1.13. The first-order valence-electron chi connectivity index (χ1n) is 5.60. The second kappa shape index (κ2) is 5.39. The van der Waals surface area contributed by atoms with Crippen molar-refractivity contribution in [1.82, 2.24) is 9.97 Å². The van der Waals surface area contributed by atoms with E-state index in [2.05, 4.69) is 9.97 Å². The SMILES string of the molecule is COc1ncnc(Oc2ccc(N)cc2C)c1[N+](=O)[O-]. The highest BCUT2D eigenvalue weighted by atomic mass is 16.6. The van der Waals surface area contributed by atoms with Crippen molar-refractivity contribution in [3.63, 3.8) is 0 Å². The predicted molar refractivity (Wildman–Crippen MR) is 70.9 cm³/mol. The maximum Gasteiger partial charge on any atom is 0.392 e. The van der Waals surface area contributed by atoms with E-state index in [1.54, 1.807) is 25.1 Å². The molecule has 0 saturated carbocycles. The van der Waals surface area contributed by atoms with Crippen LogP contribution >= 0.6 is 0 Å². The largest absolute Gasteiger partial charge is 0.476 e. The van der Waals surface area contributed by atoms with Gasteiger partial charge in [-0.3, -0.25) is 10.1 Å². The molecule has 8 nitrogen and oxygen atoms in total. The fraction of sp³-hybridized carbons (Fsp3) is 0.167. The van der Waals surface area contributed by atoms with Crippen LogP contribution < -0.4 is 15.2 Å². The standard InChI is InChI=1S/C12H12N4O4/c1-7-5-8(13)3-4-9(7)20-12-10(16(17)18)11(19-2)14-6-15-12/h3-6H,13H2,1-2H3. The van der Waals surface area contributed by atoms with Gasteiger partial charge in [-0.1, -0.05) is 0 Å². The molecule has 0 aliphatic heterocycles. The van der Waals surface area contributed by atoms with Crippen molar-refractivity contribution >= 4 is 11.4 Å². The molecule has 1 aromatic heterocycles. The first-order valence-corrected chi connectivity index (χ1v) is 5.60. The Morgan fingerprint density at radius 1 is 1.30 bits per heavy atom.